The Labute approximate surface area is 126 Å². The summed E-state index contributed by atoms with van der Waals surface area (Å²) >= 11 is 0. The second kappa shape index (κ2) is 10.7. The predicted molar refractivity (Wildman–Crippen MR) is 89.4 cm³/mol. The number of rotatable bonds is 10. The van der Waals surface area contributed by atoms with Crippen LogP contribution in [0.5, 0.6) is 0 Å². The van der Waals surface area contributed by atoms with Gasteiger partial charge in [0, 0.05) is 0 Å². The van der Waals surface area contributed by atoms with E-state index >= 15 is 0 Å². The summed E-state index contributed by atoms with van der Waals surface area (Å²) < 4.78 is 0. The van der Waals surface area contributed by atoms with Crippen LogP contribution in [0.25, 0.3) is 0 Å². The van der Waals surface area contributed by atoms with Crippen LogP contribution in [0, 0.1) is 28.6 Å². The highest BCUT2D eigenvalue weighted by molar-refractivity contribution is 4.95. The van der Waals surface area contributed by atoms with Crippen LogP contribution in [-0.2, 0) is 0 Å². The summed E-state index contributed by atoms with van der Waals surface area (Å²) in [6.07, 6.45) is 15.3. The lowest BCUT2D eigenvalue weighted by atomic mass is 9.86. The van der Waals surface area contributed by atoms with Gasteiger partial charge in [0.1, 0.15) is 0 Å². The molecule has 0 aliphatic heterocycles. The van der Waals surface area contributed by atoms with Gasteiger partial charge in [-0.15, -0.1) is 0 Å². The van der Waals surface area contributed by atoms with Crippen LogP contribution in [-0.4, -0.2) is 0 Å². The van der Waals surface area contributed by atoms with Crippen molar-refractivity contribution in [2.75, 3.05) is 0 Å². The lowest BCUT2D eigenvalue weighted by Gasteiger charge is -2.19. The molecule has 0 aliphatic rings. The first-order chi connectivity index (χ1) is 9.41. The van der Waals surface area contributed by atoms with E-state index in [1.165, 1.54) is 6.42 Å². The molecule has 0 amide bonds. The first-order valence-corrected chi connectivity index (χ1v) is 8.11. The molecule has 0 aliphatic carbocycles. The molecule has 0 saturated carbocycles. The summed E-state index contributed by atoms with van der Waals surface area (Å²) in [5.74, 6) is 0.891. The van der Waals surface area contributed by atoms with Crippen molar-refractivity contribution in [1.82, 2.24) is 0 Å². The Bertz CT molecular complexity index is 328. The lowest BCUT2D eigenvalue weighted by molar-refractivity contribution is 0.356. The third kappa shape index (κ3) is 10.9. The third-order valence-electron chi connectivity index (χ3n) is 3.85. The van der Waals surface area contributed by atoms with Crippen LogP contribution in [0.4, 0.5) is 0 Å². The first-order valence-electron chi connectivity index (χ1n) is 8.11. The topological polar surface area (TPSA) is 23.8 Å². The van der Waals surface area contributed by atoms with E-state index in [0.717, 1.165) is 38.0 Å². The minimum atomic E-state index is 0.166. The third-order valence-corrected chi connectivity index (χ3v) is 3.85. The molecule has 0 spiro atoms. The Balaban J connectivity index is 3.91. The molecule has 1 atom stereocenters. The van der Waals surface area contributed by atoms with Gasteiger partial charge in [-0.3, -0.25) is 0 Å². The van der Waals surface area contributed by atoms with Crippen LogP contribution in [0.15, 0.2) is 24.3 Å². The van der Waals surface area contributed by atoms with E-state index in [0.29, 0.717) is 5.41 Å². The fourth-order valence-electron chi connectivity index (χ4n) is 1.83. The van der Waals surface area contributed by atoms with E-state index in [2.05, 4.69) is 65.0 Å². The molecule has 1 nitrogen and oxygen atoms in total. The quantitative estimate of drug-likeness (QED) is 0.430. The summed E-state index contributed by atoms with van der Waals surface area (Å²) in [4.78, 5) is 0. The maximum Gasteiger partial charge on any atom is 0.0659 e. The zero-order chi connectivity index (χ0) is 15.4. The second-order valence-electron chi connectivity index (χ2n) is 6.93. The van der Waals surface area contributed by atoms with Gasteiger partial charge in [0.2, 0.25) is 0 Å². The summed E-state index contributed by atoms with van der Waals surface area (Å²) in [6.45, 7) is 11.3. The van der Waals surface area contributed by atoms with Crippen molar-refractivity contribution < 1.29 is 0 Å². The molecule has 1 heteroatoms. The maximum absolute atomic E-state index is 9.17. The van der Waals surface area contributed by atoms with Gasteiger partial charge in [-0.2, -0.15) is 5.26 Å². The predicted octanol–water partition coefficient (Wildman–Crippen LogP) is 6.28. The van der Waals surface area contributed by atoms with Crippen LogP contribution in [0.2, 0.25) is 0 Å². The van der Waals surface area contributed by atoms with Gasteiger partial charge < -0.3 is 0 Å². The lowest BCUT2D eigenvalue weighted by Crippen LogP contribution is -2.07. The molecule has 1 unspecified atom stereocenters. The van der Waals surface area contributed by atoms with Gasteiger partial charge in [-0.05, 0) is 43.4 Å². The Morgan fingerprint density at radius 1 is 1.05 bits per heavy atom. The van der Waals surface area contributed by atoms with Crippen molar-refractivity contribution in [3.05, 3.63) is 24.3 Å². The molecule has 0 heterocycles. The van der Waals surface area contributed by atoms with Gasteiger partial charge >= 0.3 is 0 Å². The van der Waals surface area contributed by atoms with E-state index in [1.54, 1.807) is 0 Å². The molecule has 0 saturated heterocycles. The molecule has 0 fully saturated rings. The van der Waals surface area contributed by atoms with Crippen molar-refractivity contribution in [1.29, 1.82) is 5.26 Å². The summed E-state index contributed by atoms with van der Waals surface area (Å²) in [5.41, 5.74) is 0.387. The van der Waals surface area contributed by atoms with Crippen molar-refractivity contribution in [3.63, 3.8) is 0 Å². The zero-order valence-corrected chi connectivity index (χ0v) is 14.2. The molecule has 0 aromatic heterocycles. The summed E-state index contributed by atoms with van der Waals surface area (Å²) in [7, 11) is 0. The van der Waals surface area contributed by atoms with Crippen molar-refractivity contribution >= 4 is 0 Å². The fourth-order valence-corrected chi connectivity index (χ4v) is 1.83. The number of hydrogen-bond donors (Lipinski definition) is 0. The standard InChI is InChI=1S/C19H33N/c1-6-19(4,5)15-11-10-14-18(16-20)13-9-7-8-12-17(2)3/h7-8,10-11,17-18H,6,9,12-15H2,1-5H3/b8-7+,11-10+. The van der Waals surface area contributed by atoms with Gasteiger partial charge in [0.25, 0.3) is 0 Å². The Morgan fingerprint density at radius 2 is 1.70 bits per heavy atom. The minimum absolute atomic E-state index is 0.166. The van der Waals surface area contributed by atoms with E-state index in [9.17, 15) is 0 Å². The minimum Gasteiger partial charge on any atom is -0.198 e. The highest BCUT2D eigenvalue weighted by atomic mass is 14.3. The Kier molecular flexibility index (Phi) is 10.2. The molecule has 0 N–H and O–H groups in total. The highest BCUT2D eigenvalue weighted by Gasteiger charge is 2.12. The molecular formula is C19H33N. The van der Waals surface area contributed by atoms with Crippen molar-refractivity contribution in [2.24, 2.45) is 17.3 Å². The van der Waals surface area contributed by atoms with E-state index in [1.807, 2.05) is 0 Å². The molecule has 114 valence electrons. The van der Waals surface area contributed by atoms with Gasteiger partial charge in [-0.25, -0.2) is 0 Å². The number of nitrogens with zero attached hydrogens (tertiary/aromatic N) is 1. The molecule has 0 aromatic rings. The van der Waals surface area contributed by atoms with Crippen LogP contribution >= 0.6 is 0 Å². The fraction of sp³-hybridized carbons (Fsp3) is 0.737. The second-order valence-corrected chi connectivity index (χ2v) is 6.93. The van der Waals surface area contributed by atoms with Crippen LogP contribution < -0.4 is 0 Å². The normalized spacial score (nSPS) is 14.2. The molecule has 20 heavy (non-hydrogen) atoms. The maximum atomic E-state index is 9.17. The first kappa shape index (κ1) is 19.0. The molecule has 0 aromatic carbocycles. The van der Waals surface area contributed by atoms with Gasteiger partial charge in [-0.1, -0.05) is 65.3 Å². The largest absolute Gasteiger partial charge is 0.198 e. The molecular weight excluding hydrogens is 242 g/mol. The average molecular weight is 275 g/mol. The number of nitriles is 1. The molecule has 0 radical (unpaired) electrons. The Morgan fingerprint density at radius 3 is 2.25 bits per heavy atom. The molecule has 0 bridgehead atoms. The smallest absolute Gasteiger partial charge is 0.0659 e. The van der Waals surface area contributed by atoms with Crippen molar-refractivity contribution in [2.45, 2.75) is 73.1 Å². The highest BCUT2D eigenvalue weighted by Crippen LogP contribution is 2.25. The monoisotopic (exact) mass is 275 g/mol. The van der Waals surface area contributed by atoms with Crippen LogP contribution in [0.3, 0.4) is 0 Å². The van der Waals surface area contributed by atoms with E-state index in [-0.39, 0.29) is 5.92 Å². The Hall–Kier alpha value is -1.03. The van der Waals surface area contributed by atoms with E-state index < -0.39 is 0 Å². The van der Waals surface area contributed by atoms with Gasteiger partial charge in [0.15, 0.2) is 0 Å². The van der Waals surface area contributed by atoms with Crippen molar-refractivity contribution in [3.8, 4) is 6.07 Å². The SMILES string of the molecule is CCC(C)(C)C/C=C/CC(C#N)CC/C=C/CC(C)C. The average Bonchev–Trinajstić information content (AvgIpc) is 2.40. The summed E-state index contributed by atoms with van der Waals surface area (Å²) in [6, 6.07) is 2.43. The van der Waals surface area contributed by atoms with Crippen LogP contribution in [0.1, 0.15) is 73.1 Å². The number of allylic oxidation sites excluding steroid dienone is 4. The van der Waals surface area contributed by atoms with E-state index in [4.69, 9.17) is 5.26 Å². The zero-order valence-electron chi connectivity index (χ0n) is 14.2. The van der Waals surface area contributed by atoms with Gasteiger partial charge in [0.05, 0.1) is 12.0 Å². The molecule has 0 rings (SSSR count). The summed E-state index contributed by atoms with van der Waals surface area (Å²) in [5, 5.41) is 9.17. The number of hydrogen-bond acceptors (Lipinski definition) is 1.